The van der Waals surface area contributed by atoms with Crippen molar-refractivity contribution in [1.82, 2.24) is 9.29 Å². The summed E-state index contributed by atoms with van der Waals surface area (Å²) in [5, 5.41) is 3.53. The van der Waals surface area contributed by atoms with Crippen LogP contribution in [0, 0.1) is 0 Å². The first-order valence-electron chi connectivity index (χ1n) is 10.5. The molecule has 0 aliphatic carbocycles. The Morgan fingerprint density at radius 3 is 2.58 bits per heavy atom. The van der Waals surface area contributed by atoms with Gasteiger partial charge in [0.1, 0.15) is 0 Å². The number of nitrogens with one attached hydrogen (secondary N) is 1. The average Bonchev–Trinajstić information content (AvgIpc) is 2.78. The van der Waals surface area contributed by atoms with Crippen molar-refractivity contribution in [3.05, 3.63) is 52.8 Å². The van der Waals surface area contributed by atoms with Gasteiger partial charge in [-0.3, -0.25) is 9.78 Å². The topological polar surface area (TPSA) is 82.6 Å². The van der Waals surface area contributed by atoms with Crippen LogP contribution in [0.15, 0.2) is 36.7 Å². The quantitative estimate of drug-likeness (QED) is 0.673. The zero-order chi connectivity index (χ0) is 22.6. The number of rotatable bonds is 7. The van der Waals surface area contributed by atoms with Gasteiger partial charge in [0.2, 0.25) is 10.0 Å². The standard InChI is InChI=1S/C22H29ClN4O3S/c1-4-16-12-17(23)6-7-21(16)22(28)25-18-13-20(15-24-14-18)26(3)19-8-10-27(11-9-19)31(29,30)5-2/h6-7,12-15,19H,4-5,8-11H2,1-3H3,(H,25,28). The molecule has 1 saturated heterocycles. The van der Waals surface area contributed by atoms with Crippen LogP contribution in [0.3, 0.4) is 0 Å². The molecule has 0 saturated carbocycles. The molecule has 0 radical (unpaired) electrons. The van der Waals surface area contributed by atoms with Crippen molar-refractivity contribution in [2.75, 3.05) is 36.1 Å². The Morgan fingerprint density at radius 2 is 1.94 bits per heavy atom. The molecule has 0 atom stereocenters. The van der Waals surface area contributed by atoms with Crippen LogP contribution in [-0.4, -0.2) is 55.5 Å². The summed E-state index contributed by atoms with van der Waals surface area (Å²) in [4.78, 5) is 19.2. The minimum absolute atomic E-state index is 0.131. The second-order valence-electron chi connectivity index (χ2n) is 7.68. The van der Waals surface area contributed by atoms with E-state index in [1.165, 1.54) is 0 Å². The Balaban J connectivity index is 1.68. The molecule has 1 aromatic carbocycles. The number of amides is 1. The fourth-order valence-corrected chi connectivity index (χ4v) is 5.19. The van der Waals surface area contributed by atoms with Crippen molar-refractivity contribution < 1.29 is 13.2 Å². The van der Waals surface area contributed by atoms with Crippen LogP contribution in [0.4, 0.5) is 11.4 Å². The molecule has 1 amide bonds. The summed E-state index contributed by atoms with van der Waals surface area (Å²) >= 11 is 6.05. The number of carbonyl (C=O) groups is 1. The summed E-state index contributed by atoms with van der Waals surface area (Å²) in [5.41, 5.74) is 2.97. The number of hydrogen-bond acceptors (Lipinski definition) is 5. The Labute approximate surface area is 189 Å². The van der Waals surface area contributed by atoms with E-state index in [4.69, 9.17) is 11.6 Å². The van der Waals surface area contributed by atoms with Crippen LogP contribution in [0.5, 0.6) is 0 Å². The number of anilines is 2. The predicted octanol–water partition coefficient (Wildman–Crippen LogP) is 3.80. The highest BCUT2D eigenvalue weighted by molar-refractivity contribution is 7.89. The van der Waals surface area contributed by atoms with Crippen molar-refractivity contribution >= 4 is 38.9 Å². The van der Waals surface area contributed by atoms with Gasteiger partial charge in [0.05, 0.1) is 29.5 Å². The summed E-state index contributed by atoms with van der Waals surface area (Å²) in [6.45, 7) is 4.69. The summed E-state index contributed by atoms with van der Waals surface area (Å²) in [5.74, 6) is -0.0693. The lowest BCUT2D eigenvalue weighted by Gasteiger charge is -2.37. The van der Waals surface area contributed by atoms with Gasteiger partial charge in [-0.1, -0.05) is 18.5 Å². The third-order valence-electron chi connectivity index (χ3n) is 5.81. The lowest BCUT2D eigenvalue weighted by molar-refractivity contribution is 0.102. The van der Waals surface area contributed by atoms with Gasteiger partial charge in [-0.05, 0) is 56.0 Å². The van der Waals surface area contributed by atoms with E-state index in [0.717, 1.165) is 24.1 Å². The van der Waals surface area contributed by atoms with Crippen molar-refractivity contribution in [1.29, 1.82) is 0 Å². The first-order chi connectivity index (χ1) is 14.7. The molecule has 1 aromatic heterocycles. The largest absolute Gasteiger partial charge is 0.370 e. The van der Waals surface area contributed by atoms with Crippen LogP contribution < -0.4 is 10.2 Å². The molecule has 0 spiro atoms. The zero-order valence-electron chi connectivity index (χ0n) is 18.1. The first kappa shape index (κ1) is 23.5. The molecular weight excluding hydrogens is 436 g/mol. The van der Waals surface area contributed by atoms with Gasteiger partial charge in [0.15, 0.2) is 0 Å². The predicted molar refractivity (Wildman–Crippen MR) is 125 cm³/mol. The minimum Gasteiger partial charge on any atom is -0.370 e. The highest BCUT2D eigenvalue weighted by Crippen LogP contribution is 2.25. The average molecular weight is 465 g/mol. The van der Waals surface area contributed by atoms with Crippen molar-refractivity contribution in [3.8, 4) is 0 Å². The lowest BCUT2D eigenvalue weighted by atomic mass is 10.0. The number of sulfonamides is 1. The van der Waals surface area contributed by atoms with Gasteiger partial charge in [-0.15, -0.1) is 0 Å². The maximum Gasteiger partial charge on any atom is 0.255 e. The Kier molecular flexibility index (Phi) is 7.56. The zero-order valence-corrected chi connectivity index (χ0v) is 19.7. The summed E-state index contributed by atoms with van der Waals surface area (Å²) < 4.78 is 25.7. The molecule has 168 valence electrons. The first-order valence-corrected chi connectivity index (χ1v) is 12.5. The normalized spacial score (nSPS) is 15.6. The second kappa shape index (κ2) is 9.97. The number of pyridine rings is 1. The summed E-state index contributed by atoms with van der Waals surface area (Å²) in [6.07, 6.45) is 5.57. The molecule has 1 aliphatic heterocycles. The lowest BCUT2D eigenvalue weighted by Crippen LogP contribution is -2.46. The monoisotopic (exact) mass is 464 g/mol. The molecule has 1 N–H and O–H groups in total. The van der Waals surface area contributed by atoms with Crippen LogP contribution in [0.2, 0.25) is 5.02 Å². The van der Waals surface area contributed by atoms with E-state index >= 15 is 0 Å². The number of aromatic nitrogens is 1. The molecule has 0 bridgehead atoms. The second-order valence-corrected chi connectivity index (χ2v) is 10.4. The Morgan fingerprint density at radius 1 is 1.23 bits per heavy atom. The highest BCUT2D eigenvalue weighted by atomic mass is 35.5. The highest BCUT2D eigenvalue weighted by Gasteiger charge is 2.28. The molecular formula is C22H29ClN4O3S. The number of nitrogens with zero attached hydrogens (tertiary/aromatic N) is 3. The van der Waals surface area contributed by atoms with Crippen molar-refractivity contribution in [3.63, 3.8) is 0 Å². The molecule has 1 fully saturated rings. The molecule has 31 heavy (non-hydrogen) atoms. The van der Waals surface area contributed by atoms with Crippen LogP contribution in [0.25, 0.3) is 0 Å². The van der Waals surface area contributed by atoms with Gasteiger partial charge >= 0.3 is 0 Å². The third-order valence-corrected chi connectivity index (χ3v) is 7.93. The molecule has 1 aliphatic rings. The third kappa shape index (κ3) is 5.56. The van der Waals surface area contributed by atoms with E-state index in [2.05, 4.69) is 15.2 Å². The molecule has 0 unspecified atom stereocenters. The van der Waals surface area contributed by atoms with E-state index < -0.39 is 10.0 Å². The Bertz CT molecular complexity index is 1040. The van der Waals surface area contributed by atoms with Gasteiger partial charge < -0.3 is 10.2 Å². The number of benzene rings is 1. The van der Waals surface area contributed by atoms with Crippen LogP contribution in [0.1, 0.15) is 42.6 Å². The van der Waals surface area contributed by atoms with E-state index in [0.29, 0.717) is 35.8 Å². The van der Waals surface area contributed by atoms with Gasteiger partial charge in [0.25, 0.3) is 5.91 Å². The number of halogens is 1. The van der Waals surface area contributed by atoms with E-state index in [1.807, 2.05) is 26.1 Å². The fraction of sp³-hybridized carbons (Fsp3) is 0.455. The molecule has 7 nitrogen and oxygen atoms in total. The maximum absolute atomic E-state index is 12.8. The number of hydrogen-bond donors (Lipinski definition) is 1. The SMILES string of the molecule is CCc1cc(Cl)ccc1C(=O)Nc1cncc(N(C)C2CCN(S(=O)(=O)CC)CC2)c1. The smallest absolute Gasteiger partial charge is 0.255 e. The molecule has 2 heterocycles. The summed E-state index contributed by atoms with van der Waals surface area (Å²) in [6, 6.07) is 7.35. The van der Waals surface area contributed by atoms with Crippen LogP contribution in [-0.2, 0) is 16.4 Å². The summed E-state index contributed by atoms with van der Waals surface area (Å²) in [7, 11) is -1.17. The number of carbonyl (C=O) groups excluding carboxylic acids is 1. The van der Waals surface area contributed by atoms with E-state index in [1.54, 1.807) is 35.8 Å². The molecule has 9 heteroatoms. The van der Waals surface area contributed by atoms with Gasteiger partial charge in [-0.2, -0.15) is 0 Å². The van der Waals surface area contributed by atoms with E-state index in [9.17, 15) is 13.2 Å². The molecule has 3 rings (SSSR count). The number of aryl methyl sites for hydroxylation is 1. The van der Waals surface area contributed by atoms with Crippen LogP contribution >= 0.6 is 11.6 Å². The fourth-order valence-electron chi connectivity index (χ4n) is 3.86. The van der Waals surface area contributed by atoms with Gasteiger partial charge in [0, 0.05) is 36.8 Å². The maximum atomic E-state index is 12.8. The van der Waals surface area contributed by atoms with Crippen molar-refractivity contribution in [2.24, 2.45) is 0 Å². The molecule has 2 aromatic rings. The van der Waals surface area contributed by atoms with Gasteiger partial charge in [-0.25, -0.2) is 12.7 Å². The minimum atomic E-state index is -3.14. The van der Waals surface area contributed by atoms with E-state index in [-0.39, 0.29) is 17.7 Å². The van der Waals surface area contributed by atoms with Crippen molar-refractivity contribution in [2.45, 2.75) is 39.2 Å². The number of piperidine rings is 1. The Hall–Kier alpha value is -2.16.